The molecule has 2 aliphatic carbocycles. The molecule has 1 heterocycles. The summed E-state index contributed by atoms with van der Waals surface area (Å²) in [7, 11) is 0. The smallest absolute Gasteiger partial charge is 0.224 e. The Bertz CT molecular complexity index is 521. The largest absolute Gasteiger partial charge is 0.477 e. The number of aliphatic hydroxyl groups excluding tert-OH is 1. The van der Waals surface area contributed by atoms with Crippen LogP contribution in [0, 0.1) is 12.8 Å². The third kappa shape index (κ3) is 2.63. The lowest BCUT2D eigenvalue weighted by Crippen LogP contribution is -2.06. The highest BCUT2D eigenvalue weighted by Crippen LogP contribution is 2.38. The summed E-state index contributed by atoms with van der Waals surface area (Å²) >= 11 is 0. The van der Waals surface area contributed by atoms with Gasteiger partial charge in [0.2, 0.25) is 5.88 Å². The molecule has 0 saturated heterocycles. The maximum Gasteiger partial charge on any atom is 0.224 e. The molecule has 0 aromatic carbocycles. The summed E-state index contributed by atoms with van der Waals surface area (Å²) in [5.41, 5.74) is 3.14. The van der Waals surface area contributed by atoms with E-state index < -0.39 is 0 Å². The summed E-state index contributed by atoms with van der Waals surface area (Å²) in [6.45, 7) is 4.61. The Labute approximate surface area is 113 Å². The van der Waals surface area contributed by atoms with Crippen molar-refractivity contribution in [3.63, 3.8) is 0 Å². The fourth-order valence-corrected chi connectivity index (χ4v) is 2.49. The van der Waals surface area contributed by atoms with Crippen molar-refractivity contribution < 1.29 is 9.84 Å². The van der Waals surface area contributed by atoms with Crippen LogP contribution >= 0.6 is 0 Å². The Balaban J connectivity index is 1.90. The van der Waals surface area contributed by atoms with E-state index in [9.17, 15) is 5.11 Å². The van der Waals surface area contributed by atoms with Gasteiger partial charge in [-0.2, -0.15) is 4.98 Å². The first kappa shape index (κ1) is 12.6. The number of allylic oxidation sites excluding steroid dienone is 1. The third-order valence-electron chi connectivity index (χ3n) is 4.00. The fourth-order valence-electron chi connectivity index (χ4n) is 2.49. The van der Waals surface area contributed by atoms with Crippen molar-refractivity contribution in [2.75, 3.05) is 6.61 Å². The number of ether oxygens (including phenoxy) is 1. The summed E-state index contributed by atoms with van der Waals surface area (Å²) in [6, 6.07) is 0. The van der Waals surface area contributed by atoms with Gasteiger partial charge in [0.15, 0.2) is 0 Å². The first-order valence-electron chi connectivity index (χ1n) is 6.99. The zero-order valence-electron chi connectivity index (χ0n) is 11.5. The van der Waals surface area contributed by atoms with Gasteiger partial charge in [-0.25, -0.2) is 4.98 Å². The van der Waals surface area contributed by atoms with E-state index in [0.29, 0.717) is 11.8 Å². The monoisotopic (exact) mass is 260 g/mol. The van der Waals surface area contributed by atoms with Gasteiger partial charge in [-0.15, -0.1) is 0 Å². The van der Waals surface area contributed by atoms with Crippen LogP contribution in [0.3, 0.4) is 0 Å². The molecule has 1 aromatic heterocycles. The highest BCUT2D eigenvalue weighted by atomic mass is 16.5. The predicted octanol–water partition coefficient (Wildman–Crippen LogP) is 2.50. The molecule has 0 amide bonds. The molecule has 1 atom stereocenters. The maximum atomic E-state index is 9.86. The van der Waals surface area contributed by atoms with Crippen LogP contribution in [0.4, 0.5) is 0 Å². The number of hydrogen-bond acceptors (Lipinski definition) is 4. The van der Waals surface area contributed by atoms with Gasteiger partial charge in [0.25, 0.3) is 0 Å². The van der Waals surface area contributed by atoms with Crippen LogP contribution in [0.5, 0.6) is 5.88 Å². The van der Waals surface area contributed by atoms with E-state index >= 15 is 0 Å². The minimum atomic E-state index is -0.326. The molecule has 102 valence electrons. The molecule has 4 heteroatoms. The average Bonchev–Trinajstić information content (AvgIpc) is 3.16. The summed E-state index contributed by atoms with van der Waals surface area (Å²) in [6.07, 6.45) is 5.70. The van der Waals surface area contributed by atoms with Crippen molar-refractivity contribution >= 4 is 5.57 Å². The Hall–Kier alpha value is -1.42. The van der Waals surface area contributed by atoms with Gasteiger partial charge in [-0.1, -0.05) is 0 Å². The van der Waals surface area contributed by atoms with Gasteiger partial charge in [0.05, 0.1) is 18.3 Å². The van der Waals surface area contributed by atoms with Gasteiger partial charge < -0.3 is 9.84 Å². The Kier molecular flexibility index (Phi) is 3.27. The van der Waals surface area contributed by atoms with E-state index in [4.69, 9.17) is 4.74 Å². The normalized spacial score (nSPS) is 23.0. The van der Waals surface area contributed by atoms with Crippen molar-refractivity contribution in [2.45, 2.75) is 45.6 Å². The lowest BCUT2D eigenvalue weighted by atomic mass is 10.1. The lowest BCUT2D eigenvalue weighted by molar-refractivity contribution is 0.212. The van der Waals surface area contributed by atoms with Crippen molar-refractivity contribution in [1.29, 1.82) is 0 Å². The zero-order valence-corrected chi connectivity index (χ0v) is 11.5. The first-order valence-corrected chi connectivity index (χ1v) is 6.99. The molecule has 1 fully saturated rings. The second-order valence-corrected chi connectivity index (χ2v) is 5.61. The molecule has 0 spiro atoms. The van der Waals surface area contributed by atoms with E-state index in [0.717, 1.165) is 42.0 Å². The standard InChI is InChI=1S/C15H20N2O2/c1-9-12(5-6-14(9)18)13-7-16-10(2)17-15(13)19-8-11-3-4-11/h7,11,14,18H,3-6,8H2,1-2H3. The molecular weight excluding hydrogens is 240 g/mol. The minimum absolute atomic E-state index is 0.326. The topological polar surface area (TPSA) is 55.2 Å². The Morgan fingerprint density at radius 3 is 2.74 bits per heavy atom. The van der Waals surface area contributed by atoms with Gasteiger partial charge in [-0.3, -0.25) is 0 Å². The quantitative estimate of drug-likeness (QED) is 0.903. The number of aliphatic hydroxyl groups is 1. The molecule has 0 radical (unpaired) electrons. The summed E-state index contributed by atoms with van der Waals surface area (Å²) in [4.78, 5) is 8.71. The van der Waals surface area contributed by atoms with Crippen LogP contribution in [0.2, 0.25) is 0 Å². The lowest BCUT2D eigenvalue weighted by Gasteiger charge is -2.12. The van der Waals surface area contributed by atoms with E-state index in [-0.39, 0.29) is 6.10 Å². The van der Waals surface area contributed by atoms with Crippen LogP contribution in [0.15, 0.2) is 11.8 Å². The van der Waals surface area contributed by atoms with Crippen molar-refractivity contribution in [3.8, 4) is 5.88 Å². The molecule has 4 nitrogen and oxygen atoms in total. The summed E-state index contributed by atoms with van der Waals surface area (Å²) in [5, 5.41) is 9.86. The number of nitrogens with zero attached hydrogens (tertiary/aromatic N) is 2. The fraction of sp³-hybridized carbons (Fsp3) is 0.600. The van der Waals surface area contributed by atoms with E-state index in [1.807, 2.05) is 20.0 Å². The van der Waals surface area contributed by atoms with Crippen LogP contribution < -0.4 is 4.74 Å². The molecule has 1 N–H and O–H groups in total. The SMILES string of the molecule is CC1=C(c2cnc(C)nc2OCC2CC2)CCC1O. The zero-order chi connectivity index (χ0) is 13.4. The van der Waals surface area contributed by atoms with E-state index in [1.54, 1.807) is 0 Å². The summed E-state index contributed by atoms with van der Waals surface area (Å²) < 4.78 is 5.87. The van der Waals surface area contributed by atoms with Gasteiger partial charge in [0, 0.05) is 6.20 Å². The van der Waals surface area contributed by atoms with Crippen LogP contribution in [0.1, 0.15) is 44.0 Å². The number of aryl methyl sites for hydroxylation is 1. The molecular formula is C15H20N2O2. The molecule has 1 unspecified atom stereocenters. The number of rotatable bonds is 4. The second-order valence-electron chi connectivity index (χ2n) is 5.61. The van der Waals surface area contributed by atoms with Gasteiger partial charge in [-0.05, 0) is 56.6 Å². The van der Waals surface area contributed by atoms with Crippen molar-refractivity contribution in [2.24, 2.45) is 5.92 Å². The number of hydrogen-bond donors (Lipinski definition) is 1. The highest BCUT2D eigenvalue weighted by molar-refractivity contribution is 5.73. The molecule has 3 rings (SSSR count). The van der Waals surface area contributed by atoms with Crippen LogP contribution in [0.25, 0.3) is 5.57 Å². The minimum Gasteiger partial charge on any atom is -0.477 e. The molecule has 19 heavy (non-hydrogen) atoms. The molecule has 1 aromatic rings. The van der Waals surface area contributed by atoms with E-state index in [1.165, 1.54) is 12.8 Å². The first-order chi connectivity index (χ1) is 9.15. The van der Waals surface area contributed by atoms with Gasteiger partial charge in [0.1, 0.15) is 5.82 Å². The van der Waals surface area contributed by atoms with Gasteiger partial charge >= 0.3 is 0 Å². The van der Waals surface area contributed by atoms with Crippen LogP contribution in [-0.2, 0) is 0 Å². The predicted molar refractivity (Wildman–Crippen MR) is 72.8 cm³/mol. The molecule has 2 aliphatic rings. The summed E-state index contributed by atoms with van der Waals surface area (Å²) in [5.74, 6) is 2.11. The maximum absolute atomic E-state index is 9.86. The molecule has 1 saturated carbocycles. The van der Waals surface area contributed by atoms with E-state index in [2.05, 4.69) is 9.97 Å². The second kappa shape index (κ2) is 4.93. The molecule has 0 aliphatic heterocycles. The Morgan fingerprint density at radius 1 is 1.32 bits per heavy atom. The third-order valence-corrected chi connectivity index (χ3v) is 4.00. The average molecular weight is 260 g/mol. The molecule has 0 bridgehead atoms. The van der Waals surface area contributed by atoms with Crippen LogP contribution in [-0.4, -0.2) is 27.8 Å². The highest BCUT2D eigenvalue weighted by Gasteiger charge is 2.26. The van der Waals surface area contributed by atoms with Crippen molar-refractivity contribution in [1.82, 2.24) is 9.97 Å². The van der Waals surface area contributed by atoms with Crippen molar-refractivity contribution in [3.05, 3.63) is 23.2 Å². The number of aromatic nitrogens is 2. The Morgan fingerprint density at radius 2 is 2.11 bits per heavy atom.